The van der Waals surface area contributed by atoms with E-state index in [-0.39, 0.29) is 23.7 Å². The zero-order valence-corrected chi connectivity index (χ0v) is 17.3. The minimum absolute atomic E-state index is 0.0256. The van der Waals surface area contributed by atoms with E-state index in [1.54, 1.807) is 25.1 Å². The lowest BCUT2D eigenvalue weighted by Gasteiger charge is -2.15. The van der Waals surface area contributed by atoms with E-state index in [4.69, 9.17) is 0 Å². The van der Waals surface area contributed by atoms with Crippen LogP contribution in [-0.4, -0.2) is 37.4 Å². The molecule has 28 heavy (non-hydrogen) atoms. The van der Waals surface area contributed by atoms with Gasteiger partial charge in [-0.05, 0) is 59.7 Å². The first-order valence-corrected chi connectivity index (χ1v) is 9.59. The molecule has 0 aromatic heterocycles. The summed E-state index contributed by atoms with van der Waals surface area (Å²) in [7, 11) is 3.45. The van der Waals surface area contributed by atoms with E-state index in [0.717, 1.165) is 17.5 Å². The second-order valence-electron chi connectivity index (χ2n) is 7.70. The molecule has 0 saturated heterocycles. The Balaban J connectivity index is 1.92. The maximum atomic E-state index is 13.8. The Kier molecular flexibility index (Phi) is 7.32. The fraction of sp³-hybridized carbons (Fsp3) is 0.391. The van der Waals surface area contributed by atoms with Crippen LogP contribution in [0.15, 0.2) is 42.5 Å². The monoisotopic (exact) mass is 384 g/mol. The van der Waals surface area contributed by atoms with Crippen LogP contribution in [0.1, 0.15) is 70.9 Å². The summed E-state index contributed by atoms with van der Waals surface area (Å²) in [5.41, 5.74) is 2.92. The number of halogens is 1. The Hall–Kier alpha value is -2.69. The SMILES string of the molecule is CC(C)c1cc(F)cc(C(=O)NCCC(C)c2ccc(C(=O)N(C)C)cc2)c1. The molecule has 150 valence electrons. The lowest BCUT2D eigenvalue weighted by atomic mass is 9.96. The number of hydrogen-bond donors (Lipinski definition) is 1. The van der Waals surface area contributed by atoms with Gasteiger partial charge in [0.2, 0.25) is 0 Å². The highest BCUT2D eigenvalue weighted by molar-refractivity contribution is 5.94. The first-order chi connectivity index (χ1) is 13.2. The third-order valence-corrected chi connectivity index (χ3v) is 4.84. The topological polar surface area (TPSA) is 49.4 Å². The smallest absolute Gasteiger partial charge is 0.253 e. The Bertz CT molecular complexity index is 829. The second-order valence-corrected chi connectivity index (χ2v) is 7.70. The van der Waals surface area contributed by atoms with Crippen LogP contribution in [0.3, 0.4) is 0 Å². The summed E-state index contributed by atoms with van der Waals surface area (Å²) in [4.78, 5) is 25.8. The van der Waals surface area contributed by atoms with Crippen LogP contribution in [0.25, 0.3) is 0 Å². The van der Waals surface area contributed by atoms with Gasteiger partial charge in [0.15, 0.2) is 0 Å². The van der Waals surface area contributed by atoms with Crippen molar-refractivity contribution < 1.29 is 14.0 Å². The molecule has 0 fully saturated rings. The molecule has 0 bridgehead atoms. The van der Waals surface area contributed by atoms with Crippen LogP contribution in [0.5, 0.6) is 0 Å². The van der Waals surface area contributed by atoms with Crippen molar-refractivity contribution in [3.63, 3.8) is 0 Å². The third-order valence-electron chi connectivity index (χ3n) is 4.84. The standard InChI is InChI=1S/C23H29FN2O2/c1-15(2)19-12-20(14-21(24)13-19)22(27)25-11-10-16(3)17-6-8-18(9-7-17)23(28)26(4)5/h6-9,12-16H,10-11H2,1-5H3,(H,25,27). The number of hydrogen-bond acceptors (Lipinski definition) is 2. The van der Waals surface area contributed by atoms with Crippen LogP contribution in [0.4, 0.5) is 4.39 Å². The largest absolute Gasteiger partial charge is 0.352 e. The average Bonchev–Trinajstić information content (AvgIpc) is 2.66. The normalized spacial score (nSPS) is 12.0. The molecule has 2 rings (SSSR count). The quantitative estimate of drug-likeness (QED) is 0.760. The average molecular weight is 384 g/mol. The molecule has 0 saturated carbocycles. The third kappa shape index (κ3) is 5.65. The Morgan fingerprint density at radius 1 is 0.964 bits per heavy atom. The van der Waals surface area contributed by atoms with Crippen molar-refractivity contribution in [2.45, 2.75) is 39.0 Å². The molecular formula is C23H29FN2O2. The molecule has 4 nitrogen and oxygen atoms in total. The summed E-state index contributed by atoms with van der Waals surface area (Å²) < 4.78 is 13.8. The van der Waals surface area contributed by atoms with Gasteiger partial charge in [0.25, 0.3) is 11.8 Å². The van der Waals surface area contributed by atoms with Gasteiger partial charge < -0.3 is 10.2 Å². The maximum absolute atomic E-state index is 13.8. The Labute approximate surface area is 166 Å². The molecule has 1 atom stereocenters. The van der Waals surface area contributed by atoms with E-state index < -0.39 is 5.82 Å². The van der Waals surface area contributed by atoms with Crippen molar-refractivity contribution in [2.75, 3.05) is 20.6 Å². The van der Waals surface area contributed by atoms with Crippen molar-refractivity contribution >= 4 is 11.8 Å². The number of carbonyl (C=O) groups is 2. The lowest BCUT2D eigenvalue weighted by molar-refractivity contribution is 0.0827. The van der Waals surface area contributed by atoms with Crippen molar-refractivity contribution in [1.82, 2.24) is 10.2 Å². The number of carbonyl (C=O) groups excluding carboxylic acids is 2. The number of benzene rings is 2. The minimum Gasteiger partial charge on any atom is -0.352 e. The summed E-state index contributed by atoms with van der Waals surface area (Å²) in [6.45, 7) is 6.50. The van der Waals surface area contributed by atoms with Gasteiger partial charge in [-0.15, -0.1) is 0 Å². The van der Waals surface area contributed by atoms with Crippen molar-refractivity contribution in [2.24, 2.45) is 0 Å². The lowest BCUT2D eigenvalue weighted by Crippen LogP contribution is -2.25. The molecule has 5 heteroatoms. The highest BCUT2D eigenvalue weighted by Gasteiger charge is 2.13. The molecule has 2 aromatic rings. The van der Waals surface area contributed by atoms with Crippen molar-refractivity contribution in [3.8, 4) is 0 Å². The molecule has 0 aliphatic rings. The number of nitrogens with one attached hydrogen (secondary N) is 1. The predicted octanol–water partition coefficient (Wildman–Crippen LogP) is 4.57. The summed E-state index contributed by atoms with van der Waals surface area (Å²) in [5, 5.41) is 2.87. The molecule has 0 spiro atoms. The summed E-state index contributed by atoms with van der Waals surface area (Å²) in [6, 6.07) is 12.0. The Morgan fingerprint density at radius 3 is 2.18 bits per heavy atom. The minimum atomic E-state index is -0.392. The first kappa shape index (κ1) is 21.6. The van der Waals surface area contributed by atoms with E-state index in [9.17, 15) is 14.0 Å². The first-order valence-electron chi connectivity index (χ1n) is 9.59. The van der Waals surface area contributed by atoms with Crippen LogP contribution in [0, 0.1) is 5.82 Å². The Morgan fingerprint density at radius 2 is 1.61 bits per heavy atom. The van der Waals surface area contributed by atoms with E-state index in [1.807, 2.05) is 38.1 Å². The molecule has 1 unspecified atom stereocenters. The summed E-state index contributed by atoms with van der Waals surface area (Å²) in [6.07, 6.45) is 0.749. The number of rotatable bonds is 7. The summed E-state index contributed by atoms with van der Waals surface area (Å²) >= 11 is 0. The molecule has 0 aliphatic carbocycles. The van der Waals surface area contributed by atoms with Gasteiger partial charge in [-0.1, -0.05) is 32.9 Å². The fourth-order valence-corrected chi connectivity index (χ4v) is 2.96. The van der Waals surface area contributed by atoms with Crippen LogP contribution < -0.4 is 5.32 Å². The van der Waals surface area contributed by atoms with Gasteiger partial charge >= 0.3 is 0 Å². The van der Waals surface area contributed by atoms with Crippen LogP contribution in [0.2, 0.25) is 0 Å². The van der Waals surface area contributed by atoms with Crippen LogP contribution in [-0.2, 0) is 0 Å². The van der Waals surface area contributed by atoms with E-state index >= 15 is 0 Å². The van der Waals surface area contributed by atoms with Crippen molar-refractivity contribution in [3.05, 3.63) is 70.5 Å². The van der Waals surface area contributed by atoms with Crippen LogP contribution >= 0.6 is 0 Å². The summed E-state index contributed by atoms with van der Waals surface area (Å²) in [5.74, 6) is -0.299. The number of amides is 2. The van der Waals surface area contributed by atoms with Gasteiger partial charge in [0.1, 0.15) is 5.82 Å². The van der Waals surface area contributed by atoms with Gasteiger partial charge in [-0.3, -0.25) is 9.59 Å². The number of nitrogens with zero attached hydrogens (tertiary/aromatic N) is 1. The van der Waals surface area contributed by atoms with Gasteiger partial charge in [-0.2, -0.15) is 0 Å². The highest BCUT2D eigenvalue weighted by Crippen LogP contribution is 2.20. The highest BCUT2D eigenvalue weighted by atomic mass is 19.1. The maximum Gasteiger partial charge on any atom is 0.253 e. The molecule has 0 radical (unpaired) electrons. The van der Waals surface area contributed by atoms with E-state index in [2.05, 4.69) is 12.2 Å². The van der Waals surface area contributed by atoms with E-state index in [0.29, 0.717) is 17.7 Å². The molecule has 2 amide bonds. The zero-order valence-electron chi connectivity index (χ0n) is 17.3. The van der Waals surface area contributed by atoms with Gasteiger partial charge in [0.05, 0.1) is 0 Å². The van der Waals surface area contributed by atoms with E-state index in [1.165, 1.54) is 12.1 Å². The molecular weight excluding hydrogens is 355 g/mol. The molecule has 0 aliphatic heterocycles. The molecule has 0 heterocycles. The van der Waals surface area contributed by atoms with Crippen molar-refractivity contribution in [1.29, 1.82) is 0 Å². The second kappa shape index (κ2) is 9.49. The van der Waals surface area contributed by atoms with Gasteiger partial charge in [-0.25, -0.2) is 4.39 Å². The fourth-order valence-electron chi connectivity index (χ4n) is 2.96. The van der Waals surface area contributed by atoms with Gasteiger partial charge in [0, 0.05) is 31.8 Å². The molecule has 1 N–H and O–H groups in total. The zero-order chi connectivity index (χ0) is 20.8. The molecule has 2 aromatic carbocycles. The predicted molar refractivity (Wildman–Crippen MR) is 110 cm³/mol.